The summed E-state index contributed by atoms with van der Waals surface area (Å²) in [4.78, 5) is 2.59. The Bertz CT molecular complexity index is 198. The fourth-order valence-corrected chi connectivity index (χ4v) is 2.63. The van der Waals surface area contributed by atoms with Crippen LogP contribution >= 0.6 is 0 Å². The first-order valence-corrected chi connectivity index (χ1v) is 6.34. The second-order valence-corrected chi connectivity index (χ2v) is 5.06. The summed E-state index contributed by atoms with van der Waals surface area (Å²) in [6.45, 7) is 11.4. The first-order chi connectivity index (χ1) is 7.29. The van der Waals surface area contributed by atoms with Crippen molar-refractivity contribution in [3.63, 3.8) is 0 Å². The largest absolute Gasteiger partial charge is 0.376 e. The molecule has 0 aromatic heterocycles. The van der Waals surface area contributed by atoms with Crippen LogP contribution in [0.4, 0.5) is 0 Å². The predicted molar refractivity (Wildman–Crippen MR) is 62.0 cm³/mol. The van der Waals surface area contributed by atoms with Gasteiger partial charge in [-0.15, -0.1) is 0 Å². The molecule has 2 fully saturated rings. The summed E-state index contributed by atoms with van der Waals surface area (Å²) in [7, 11) is 0. The van der Waals surface area contributed by atoms with E-state index in [2.05, 4.69) is 24.1 Å². The minimum Gasteiger partial charge on any atom is -0.376 e. The number of ether oxygens (including phenoxy) is 1. The predicted octanol–water partition coefficient (Wildman–Crippen LogP) is 0.953. The van der Waals surface area contributed by atoms with Gasteiger partial charge >= 0.3 is 0 Å². The fourth-order valence-electron chi connectivity index (χ4n) is 2.63. The average molecular weight is 212 g/mol. The van der Waals surface area contributed by atoms with Crippen LogP contribution in [-0.2, 0) is 4.74 Å². The van der Waals surface area contributed by atoms with Crippen LogP contribution in [0.2, 0.25) is 0 Å². The lowest BCUT2D eigenvalue weighted by Crippen LogP contribution is -2.45. The third kappa shape index (κ3) is 2.92. The highest BCUT2D eigenvalue weighted by atomic mass is 16.5. The van der Waals surface area contributed by atoms with Gasteiger partial charge in [0, 0.05) is 19.6 Å². The number of hydrogen-bond donors (Lipinski definition) is 1. The first-order valence-electron chi connectivity index (χ1n) is 6.34. The van der Waals surface area contributed by atoms with Crippen LogP contribution in [0.5, 0.6) is 0 Å². The summed E-state index contributed by atoms with van der Waals surface area (Å²) < 4.78 is 5.69. The van der Waals surface area contributed by atoms with Crippen molar-refractivity contribution < 1.29 is 4.74 Å². The molecule has 88 valence electrons. The van der Waals surface area contributed by atoms with Crippen LogP contribution < -0.4 is 5.32 Å². The molecule has 2 heterocycles. The third-order valence-electron chi connectivity index (χ3n) is 3.85. The van der Waals surface area contributed by atoms with Crippen LogP contribution in [0, 0.1) is 11.8 Å². The van der Waals surface area contributed by atoms with Crippen molar-refractivity contribution in [1.29, 1.82) is 0 Å². The highest BCUT2D eigenvalue weighted by Crippen LogP contribution is 2.19. The standard InChI is InChI=1S/C12H24N2O/c1-3-12-9-14(4-5-15-12)8-11-7-13-6-10(11)2/h10-13H,3-9H2,1-2H3. The topological polar surface area (TPSA) is 24.5 Å². The molecular formula is C12H24N2O. The molecule has 3 nitrogen and oxygen atoms in total. The van der Waals surface area contributed by atoms with E-state index < -0.39 is 0 Å². The average Bonchev–Trinajstić information content (AvgIpc) is 2.65. The van der Waals surface area contributed by atoms with Gasteiger partial charge in [-0.2, -0.15) is 0 Å². The van der Waals surface area contributed by atoms with Gasteiger partial charge in [0.1, 0.15) is 0 Å². The Morgan fingerprint density at radius 1 is 1.40 bits per heavy atom. The molecule has 3 heteroatoms. The lowest BCUT2D eigenvalue weighted by atomic mass is 9.97. The van der Waals surface area contributed by atoms with Crippen LogP contribution in [-0.4, -0.2) is 50.3 Å². The van der Waals surface area contributed by atoms with Gasteiger partial charge in [0.2, 0.25) is 0 Å². The van der Waals surface area contributed by atoms with Gasteiger partial charge in [0.15, 0.2) is 0 Å². The second kappa shape index (κ2) is 5.28. The van der Waals surface area contributed by atoms with Crippen LogP contribution in [0.1, 0.15) is 20.3 Å². The minimum absolute atomic E-state index is 0.475. The molecule has 0 amide bonds. The van der Waals surface area contributed by atoms with E-state index >= 15 is 0 Å². The molecule has 2 aliphatic heterocycles. The smallest absolute Gasteiger partial charge is 0.0700 e. The van der Waals surface area contributed by atoms with E-state index in [0.717, 1.165) is 38.0 Å². The summed E-state index contributed by atoms with van der Waals surface area (Å²) in [5, 5.41) is 3.48. The number of nitrogens with one attached hydrogen (secondary N) is 1. The Kier molecular flexibility index (Phi) is 4.00. The molecule has 1 N–H and O–H groups in total. The van der Waals surface area contributed by atoms with Crippen LogP contribution in [0.3, 0.4) is 0 Å². The lowest BCUT2D eigenvalue weighted by molar-refractivity contribution is -0.0346. The quantitative estimate of drug-likeness (QED) is 0.754. The van der Waals surface area contributed by atoms with Crippen molar-refractivity contribution in [2.75, 3.05) is 39.3 Å². The Balaban J connectivity index is 1.78. The van der Waals surface area contributed by atoms with Crippen molar-refractivity contribution in [2.45, 2.75) is 26.4 Å². The number of morpholine rings is 1. The molecule has 0 bridgehead atoms. The summed E-state index contributed by atoms with van der Waals surface area (Å²) in [5.74, 6) is 1.69. The van der Waals surface area contributed by atoms with Gasteiger partial charge in [-0.25, -0.2) is 0 Å². The maximum absolute atomic E-state index is 5.69. The van der Waals surface area contributed by atoms with Gasteiger partial charge in [-0.05, 0) is 31.3 Å². The van der Waals surface area contributed by atoms with Gasteiger partial charge in [-0.1, -0.05) is 13.8 Å². The third-order valence-corrected chi connectivity index (χ3v) is 3.85. The molecule has 2 saturated heterocycles. The Morgan fingerprint density at radius 3 is 2.93 bits per heavy atom. The number of hydrogen-bond acceptors (Lipinski definition) is 3. The van der Waals surface area contributed by atoms with E-state index in [-0.39, 0.29) is 0 Å². The molecule has 0 spiro atoms. The van der Waals surface area contributed by atoms with Gasteiger partial charge in [0.25, 0.3) is 0 Å². The summed E-state index contributed by atoms with van der Waals surface area (Å²) in [5.41, 5.74) is 0. The monoisotopic (exact) mass is 212 g/mol. The number of nitrogens with zero attached hydrogens (tertiary/aromatic N) is 1. The van der Waals surface area contributed by atoms with Crippen molar-refractivity contribution in [3.05, 3.63) is 0 Å². The lowest BCUT2D eigenvalue weighted by Gasteiger charge is -2.34. The highest BCUT2D eigenvalue weighted by Gasteiger charge is 2.27. The Hall–Kier alpha value is -0.120. The van der Waals surface area contributed by atoms with Crippen molar-refractivity contribution in [1.82, 2.24) is 10.2 Å². The van der Waals surface area contributed by atoms with E-state index in [1.807, 2.05) is 0 Å². The normalized spacial score (nSPS) is 38.4. The van der Waals surface area contributed by atoms with Crippen molar-refractivity contribution >= 4 is 0 Å². The number of rotatable bonds is 3. The molecule has 0 aromatic carbocycles. The zero-order valence-corrected chi connectivity index (χ0v) is 10.0. The van der Waals surface area contributed by atoms with Crippen molar-refractivity contribution in [2.24, 2.45) is 11.8 Å². The van der Waals surface area contributed by atoms with E-state index in [4.69, 9.17) is 4.74 Å². The zero-order valence-electron chi connectivity index (χ0n) is 10.0. The fraction of sp³-hybridized carbons (Fsp3) is 1.00. The highest BCUT2D eigenvalue weighted by molar-refractivity contribution is 4.82. The SMILES string of the molecule is CCC1CN(CC2CNCC2C)CCO1. The molecule has 0 aliphatic carbocycles. The molecular weight excluding hydrogens is 188 g/mol. The van der Waals surface area contributed by atoms with E-state index in [1.54, 1.807) is 0 Å². The molecule has 0 radical (unpaired) electrons. The summed E-state index contributed by atoms with van der Waals surface area (Å²) >= 11 is 0. The molecule has 2 rings (SSSR count). The van der Waals surface area contributed by atoms with Gasteiger partial charge in [0.05, 0.1) is 12.7 Å². The van der Waals surface area contributed by atoms with Gasteiger partial charge in [-0.3, -0.25) is 4.90 Å². The Morgan fingerprint density at radius 2 is 2.27 bits per heavy atom. The second-order valence-electron chi connectivity index (χ2n) is 5.06. The summed E-state index contributed by atoms with van der Waals surface area (Å²) in [6.07, 6.45) is 1.62. The Labute approximate surface area is 93.2 Å². The van der Waals surface area contributed by atoms with Crippen LogP contribution in [0.15, 0.2) is 0 Å². The van der Waals surface area contributed by atoms with Crippen molar-refractivity contribution in [3.8, 4) is 0 Å². The minimum atomic E-state index is 0.475. The molecule has 3 atom stereocenters. The van der Waals surface area contributed by atoms with E-state index in [0.29, 0.717) is 6.10 Å². The van der Waals surface area contributed by atoms with Gasteiger partial charge < -0.3 is 10.1 Å². The van der Waals surface area contributed by atoms with E-state index in [1.165, 1.54) is 19.6 Å². The molecule has 3 unspecified atom stereocenters. The molecule has 0 aromatic rings. The first kappa shape index (κ1) is 11.4. The molecule has 15 heavy (non-hydrogen) atoms. The zero-order chi connectivity index (χ0) is 10.7. The molecule has 0 saturated carbocycles. The van der Waals surface area contributed by atoms with Crippen LogP contribution in [0.25, 0.3) is 0 Å². The summed E-state index contributed by atoms with van der Waals surface area (Å²) in [6, 6.07) is 0. The maximum atomic E-state index is 5.69. The maximum Gasteiger partial charge on any atom is 0.0700 e. The molecule has 2 aliphatic rings. The van der Waals surface area contributed by atoms with E-state index in [9.17, 15) is 0 Å².